The Kier molecular flexibility index (Phi) is 6.06. The normalized spacial score (nSPS) is 37.9. The quantitative estimate of drug-likeness (QED) is 0.525. The van der Waals surface area contributed by atoms with Crippen LogP contribution in [0.2, 0.25) is 0 Å². The van der Waals surface area contributed by atoms with Gasteiger partial charge < -0.3 is 25.0 Å². The van der Waals surface area contributed by atoms with Crippen molar-refractivity contribution in [2.45, 2.75) is 64.1 Å². The number of rotatable bonds is 3. The number of fused-ring (bicyclic) bond motifs is 6. The molecule has 1 unspecified atom stereocenters. The zero-order chi connectivity index (χ0) is 28.7. The molecule has 2 aromatic rings. The van der Waals surface area contributed by atoms with Crippen LogP contribution in [0.1, 0.15) is 67.6 Å². The average Bonchev–Trinajstić information content (AvgIpc) is 3.49. The number of aromatic nitrogens is 2. The van der Waals surface area contributed by atoms with E-state index in [1.165, 1.54) is 5.57 Å². The van der Waals surface area contributed by atoms with Crippen molar-refractivity contribution in [3.63, 3.8) is 0 Å². The Morgan fingerprint density at radius 2 is 1.93 bits per heavy atom. The van der Waals surface area contributed by atoms with Crippen LogP contribution in [0, 0.1) is 28.6 Å². The summed E-state index contributed by atoms with van der Waals surface area (Å²) in [6.07, 6.45) is 7.13. The first-order valence-corrected chi connectivity index (χ1v) is 15.0. The second-order valence-corrected chi connectivity index (χ2v) is 13.4. The molecule has 218 valence electrons. The maximum Gasteiger partial charge on any atom is 0.336 e. The Morgan fingerprint density at radius 1 is 1.15 bits per heavy atom. The number of carboxylic acid groups (broad SMARTS) is 1. The molecule has 0 bridgehead atoms. The van der Waals surface area contributed by atoms with Gasteiger partial charge in [-0.25, -0.2) is 9.48 Å². The largest absolute Gasteiger partial charge is 0.479 e. The first-order chi connectivity index (χ1) is 19.6. The molecule has 9 nitrogen and oxygen atoms in total. The maximum absolute atomic E-state index is 13.1. The van der Waals surface area contributed by atoms with E-state index in [4.69, 9.17) is 9.84 Å². The van der Waals surface area contributed by atoms with Crippen LogP contribution in [0.5, 0.6) is 0 Å². The number of allylic oxidation sites excluding steroid dienone is 1. The van der Waals surface area contributed by atoms with Gasteiger partial charge in [-0.15, -0.1) is 0 Å². The molecule has 0 spiro atoms. The molecule has 41 heavy (non-hydrogen) atoms. The van der Waals surface area contributed by atoms with Crippen molar-refractivity contribution in [3.05, 3.63) is 52.9 Å². The zero-order valence-electron chi connectivity index (χ0n) is 23.8. The predicted octanol–water partition coefficient (Wildman–Crippen LogP) is 3.31. The Hall–Kier alpha value is -3.01. The van der Waals surface area contributed by atoms with Crippen molar-refractivity contribution in [1.29, 1.82) is 0 Å². The van der Waals surface area contributed by atoms with E-state index in [0.29, 0.717) is 44.7 Å². The molecule has 9 heteroatoms. The van der Waals surface area contributed by atoms with Crippen molar-refractivity contribution >= 4 is 18.0 Å². The summed E-state index contributed by atoms with van der Waals surface area (Å²) in [4.78, 5) is 27.1. The monoisotopic (exact) mass is 561 g/mol. The lowest BCUT2D eigenvalue weighted by Gasteiger charge is -2.60. The third-order valence-electron chi connectivity index (χ3n) is 11.6. The first kappa shape index (κ1) is 26.9. The first-order valence-electron chi connectivity index (χ1n) is 15.0. The number of benzene rings is 1. The Balaban J connectivity index is 1.20. The van der Waals surface area contributed by atoms with Gasteiger partial charge in [-0.05, 0) is 91.5 Å². The Morgan fingerprint density at radius 3 is 2.68 bits per heavy atom. The van der Waals surface area contributed by atoms with E-state index >= 15 is 0 Å². The number of aliphatic hydroxyl groups is 2. The Labute approximate surface area is 239 Å². The number of hydrogen-bond donors (Lipinski definition) is 3. The van der Waals surface area contributed by atoms with E-state index in [1.54, 1.807) is 0 Å². The molecule has 1 aliphatic heterocycles. The summed E-state index contributed by atoms with van der Waals surface area (Å²) in [5.41, 5.74) is 1.98. The predicted molar refractivity (Wildman–Crippen MR) is 150 cm³/mol. The van der Waals surface area contributed by atoms with Crippen molar-refractivity contribution in [1.82, 2.24) is 14.7 Å². The number of amides is 1. The van der Waals surface area contributed by atoms with Gasteiger partial charge in [0, 0.05) is 24.1 Å². The molecule has 7 atom stereocenters. The van der Waals surface area contributed by atoms with Gasteiger partial charge in [0.1, 0.15) is 0 Å². The van der Waals surface area contributed by atoms with Gasteiger partial charge in [-0.3, -0.25) is 4.79 Å². The number of aliphatic carboxylic acids is 1. The molecule has 4 fully saturated rings. The highest BCUT2D eigenvalue weighted by atomic mass is 16.5. The van der Waals surface area contributed by atoms with Crippen molar-refractivity contribution in [3.8, 4) is 5.69 Å². The lowest BCUT2D eigenvalue weighted by molar-refractivity contribution is -0.193. The number of morpholine rings is 1. The van der Waals surface area contributed by atoms with Crippen LogP contribution in [0.25, 0.3) is 11.8 Å². The van der Waals surface area contributed by atoms with Crippen LogP contribution in [-0.2, 0) is 16.0 Å². The SMILES string of the molecule is C[C@]12Cc3cnn(-c4cccc(C(=O)N5CCOCC5)c4)c3C=C1CC[C@@H]1C2[C@@H](O)C[C@@]2(C)[C@H]1CC[C@]2(O)C(=O)O. The molecule has 1 saturated heterocycles. The molecule has 1 aromatic heterocycles. The van der Waals surface area contributed by atoms with Gasteiger partial charge in [0.2, 0.25) is 0 Å². The highest BCUT2D eigenvalue weighted by Crippen LogP contribution is 2.67. The highest BCUT2D eigenvalue weighted by Gasteiger charge is 2.68. The second-order valence-electron chi connectivity index (χ2n) is 13.4. The summed E-state index contributed by atoms with van der Waals surface area (Å²) in [6, 6.07) is 7.63. The second kappa shape index (κ2) is 9.24. The van der Waals surface area contributed by atoms with Gasteiger partial charge in [0.25, 0.3) is 5.91 Å². The molecule has 5 aliphatic rings. The minimum Gasteiger partial charge on any atom is -0.479 e. The van der Waals surface area contributed by atoms with E-state index in [1.807, 2.05) is 47.0 Å². The van der Waals surface area contributed by atoms with Crippen LogP contribution in [0.3, 0.4) is 0 Å². The van der Waals surface area contributed by atoms with Crippen LogP contribution in [0.4, 0.5) is 0 Å². The number of carboxylic acids is 1. The van der Waals surface area contributed by atoms with Crippen molar-refractivity contribution < 1.29 is 29.6 Å². The number of carbonyl (C=O) groups is 2. The average molecular weight is 562 g/mol. The standard InChI is InChI=1S/C32H39N3O6/c1-30-16-20-18-33-35(22-5-3-4-19(14-22)28(37)34-10-12-41-13-11-34)25(20)15-21(30)6-7-23-24-8-9-32(40,29(38)39)31(24,2)17-26(36)27(23)30/h3-5,14-15,18,23-24,26-27,36,40H,6-13,16-17H2,1-2H3,(H,38,39)/t23-,24-,26-,27?,30-,31-,32-/m0/s1. The minimum atomic E-state index is -1.79. The molecule has 7 rings (SSSR count). The Bertz CT molecular complexity index is 1440. The zero-order valence-corrected chi connectivity index (χ0v) is 23.8. The van der Waals surface area contributed by atoms with E-state index < -0.39 is 23.1 Å². The molecule has 1 aromatic carbocycles. The minimum absolute atomic E-state index is 0.000390. The molecule has 1 amide bonds. The third kappa shape index (κ3) is 3.74. The topological polar surface area (TPSA) is 125 Å². The molecule has 3 saturated carbocycles. The van der Waals surface area contributed by atoms with Crippen molar-refractivity contribution in [2.24, 2.45) is 28.6 Å². The van der Waals surface area contributed by atoms with E-state index in [9.17, 15) is 24.9 Å². The summed E-state index contributed by atoms with van der Waals surface area (Å²) in [5, 5.41) is 37.6. The number of carbonyl (C=O) groups excluding carboxylic acids is 1. The number of hydrogen-bond acceptors (Lipinski definition) is 6. The summed E-state index contributed by atoms with van der Waals surface area (Å²) in [5.74, 6) is -0.964. The van der Waals surface area contributed by atoms with Gasteiger partial charge in [0.15, 0.2) is 5.60 Å². The highest BCUT2D eigenvalue weighted by molar-refractivity contribution is 5.94. The van der Waals surface area contributed by atoms with Gasteiger partial charge in [-0.1, -0.05) is 25.5 Å². The van der Waals surface area contributed by atoms with E-state index in [0.717, 1.165) is 36.2 Å². The van der Waals surface area contributed by atoms with Gasteiger partial charge in [-0.2, -0.15) is 5.10 Å². The van der Waals surface area contributed by atoms with Gasteiger partial charge >= 0.3 is 5.97 Å². The van der Waals surface area contributed by atoms with E-state index in [2.05, 4.69) is 13.0 Å². The van der Waals surface area contributed by atoms with Crippen LogP contribution in [-0.4, -0.2) is 79.9 Å². The van der Waals surface area contributed by atoms with Gasteiger partial charge in [0.05, 0.1) is 36.9 Å². The van der Waals surface area contributed by atoms with Crippen LogP contribution < -0.4 is 0 Å². The van der Waals surface area contributed by atoms with E-state index in [-0.39, 0.29) is 35.5 Å². The van der Waals surface area contributed by atoms with Crippen LogP contribution >= 0.6 is 0 Å². The summed E-state index contributed by atoms with van der Waals surface area (Å²) in [6.45, 7) is 6.43. The summed E-state index contributed by atoms with van der Waals surface area (Å²) >= 11 is 0. The molecular weight excluding hydrogens is 522 g/mol. The number of ether oxygens (including phenoxy) is 1. The van der Waals surface area contributed by atoms with Crippen LogP contribution in [0.15, 0.2) is 36.0 Å². The third-order valence-corrected chi connectivity index (χ3v) is 11.6. The molecule has 4 aliphatic carbocycles. The molecule has 3 N–H and O–H groups in total. The fourth-order valence-corrected chi connectivity index (χ4v) is 9.47. The molecule has 2 heterocycles. The number of nitrogens with zero attached hydrogens (tertiary/aromatic N) is 3. The lowest BCUT2D eigenvalue weighted by atomic mass is 9.45. The summed E-state index contributed by atoms with van der Waals surface area (Å²) < 4.78 is 7.32. The fourth-order valence-electron chi connectivity index (χ4n) is 9.47. The fraction of sp³-hybridized carbons (Fsp3) is 0.594. The van der Waals surface area contributed by atoms with Crippen molar-refractivity contribution in [2.75, 3.05) is 26.3 Å². The molecule has 0 radical (unpaired) electrons. The number of aliphatic hydroxyl groups excluding tert-OH is 1. The molecular formula is C32H39N3O6. The summed E-state index contributed by atoms with van der Waals surface area (Å²) in [7, 11) is 0. The maximum atomic E-state index is 13.1. The smallest absolute Gasteiger partial charge is 0.336 e. The lowest BCUT2D eigenvalue weighted by Crippen LogP contribution is -2.61.